The van der Waals surface area contributed by atoms with Crippen molar-refractivity contribution < 1.29 is 29.0 Å². The Hall–Kier alpha value is -4.82. The van der Waals surface area contributed by atoms with Gasteiger partial charge < -0.3 is 40.5 Å². The summed E-state index contributed by atoms with van der Waals surface area (Å²) in [5.74, 6) is -1.15. The van der Waals surface area contributed by atoms with E-state index in [0.717, 1.165) is 54.0 Å². The fraction of sp³-hybridized carbons (Fsp3) is 0.486. The van der Waals surface area contributed by atoms with Crippen LogP contribution in [-0.2, 0) is 14.4 Å². The molecule has 49 heavy (non-hydrogen) atoms. The number of aromatic nitrogens is 2. The highest BCUT2D eigenvalue weighted by atomic mass is 16.5. The maximum Gasteiger partial charge on any atom is 0.255 e. The Balaban J connectivity index is 1.33. The molecule has 0 bridgehead atoms. The lowest BCUT2D eigenvalue weighted by molar-refractivity contribution is -0.141. The number of piperazine rings is 1. The van der Waals surface area contributed by atoms with Crippen LogP contribution in [0, 0.1) is 5.92 Å². The van der Waals surface area contributed by atoms with Crippen LogP contribution in [0.3, 0.4) is 0 Å². The van der Waals surface area contributed by atoms with Gasteiger partial charge in [-0.2, -0.15) is 0 Å². The van der Waals surface area contributed by atoms with Crippen LogP contribution in [0.4, 0.5) is 5.82 Å². The Bertz CT molecular complexity index is 1740. The maximum atomic E-state index is 14.0. The summed E-state index contributed by atoms with van der Waals surface area (Å²) in [5, 5.41) is 19.5. The molecule has 6 rings (SSSR count). The van der Waals surface area contributed by atoms with E-state index in [0.29, 0.717) is 0 Å². The summed E-state index contributed by atoms with van der Waals surface area (Å²) in [6, 6.07) is 8.37. The van der Waals surface area contributed by atoms with E-state index in [-0.39, 0.29) is 43.3 Å². The number of hydrogen-bond donors (Lipinski definition) is 4. The van der Waals surface area contributed by atoms with Gasteiger partial charge in [-0.15, -0.1) is 0 Å². The predicted molar refractivity (Wildman–Crippen MR) is 183 cm³/mol. The highest BCUT2D eigenvalue weighted by molar-refractivity contribution is 6.02. The van der Waals surface area contributed by atoms with Crippen molar-refractivity contribution in [3.63, 3.8) is 0 Å². The van der Waals surface area contributed by atoms with Gasteiger partial charge in [-0.3, -0.25) is 19.2 Å². The third-order valence-electron chi connectivity index (χ3n) is 9.46. The number of carbonyl (C=O) groups is 4. The second-order valence-corrected chi connectivity index (χ2v) is 13.4. The zero-order valence-electron chi connectivity index (χ0n) is 28.3. The molecule has 0 unspecified atom stereocenters. The fourth-order valence-electron chi connectivity index (χ4n) is 6.63. The summed E-state index contributed by atoms with van der Waals surface area (Å²) in [5.41, 5.74) is 2.63. The lowest BCUT2D eigenvalue weighted by Gasteiger charge is -2.33. The predicted octanol–water partition coefficient (Wildman–Crippen LogP) is 0.778. The smallest absolute Gasteiger partial charge is 0.255 e. The van der Waals surface area contributed by atoms with E-state index in [4.69, 9.17) is 4.74 Å². The number of ether oxygens (including phenoxy) is 1. The van der Waals surface area contributed by atoms with Crippen LogP contribution in [0.15, 0.2) is 42.7 Å². The number of nitrogens with zero attached hydrogens (tertiary/aromatic N) is 5. The highest BCUT2D eigenvalue weighted by Gasteiger charge is 2.41. The topological polar surface area (TPSA) is 169 Å². The molecule has 4 atom stereocenters. The number of hydrogen-bond acceptors (Lipinski definition) is 10. The van der Waals surface area contributed by atoms with Crippen LogP contribution >= 0.6 is 0 Å². The van der Waals surface area contributed by atoms with Crippen molar-refractivity contribution in [3.8, 4) is 16.9 Å². The molecule has 14 heteroatoms. The van der Waals surface area contributed by atoms with Gasteiger partial charge in [-0.05, 0) is 55.3 Å². The summed E-state index contributed by atoms with van der Waals surface area (Å²) < 4.78 is 6.03. The van der Waals surface area contributed by atoms with Gasteiger partial charge in [-0.1, -0.05) is 26.0 Å². The van der Waals surface area contributed by atoms with Crippen molar-refractivity contribution in [2.24, 2.45) is 5.92 Å². The SMILES string of the molecule is CC(C)[C@@H]1NC(=O)c2cc(-c3ccc4ncnc(N5CCN(C)CC5)c4c3)ccc2OCCNC(=O)[C@@H]2C[C@H](O)CN2C(=O)[C@@H](C)NC1=O. The zero-order chi connectivity index (χ0) is 34.8. The normalized spacial score (nSPS) is 24.6. The lowest BCUT2D eigenvalue weighted by atomic mass is 9.99. The van der Waals surface area contributed by atoms with Crippen molar-refractivity contribution >= 4 is 40.3 Å². The minimum absolute atomic E-state index is 0.0188. The zero-order valence-corrected chi connectivity index (χ0v) is 28.3. The van der Waals surface area contributed by atoms with Crippen molar-refractivity contribution in [1.82, 2.24) is 35.7 Å². The van der Waals surface area contributed by atoms with Gasteiger partial charge in [0.2, 0.25) is 17.7 Å². The molecule has 0 saturated carbocycles. The number of benzene rings is 2. The molecule has 4 N–H and O–H groups in total. The third kappa shape index (κ3) is 7.30. The minimum atomic E-state index is -0.992. The molecule has 2 fully saturated rings. The average Bonchev–Trinajstić information content (AvgIpc) is 3.49. The number of nitrogens with one attached hydrogen (secondary N) is 3. The molecule has 0 aliphatic carbocycles. The van der Waals surface area contributed by atoms with Crippen molar-refractivity contribution in [2.75, 3.05) is 57.8 Å². The average molecular weight is 673 g/mol. The quantitative estimate of drug-likeness (QED) is 0.312. The molecule has 4 heterocycles. The molecule has 0 radical (unpaired) electrons. The largest absolute Gasteiger partial charge is 0.491 e. The number of likely N-dealkylation sites (N-methyl/N-ethyl adjacent to an activating group) is 1. The van der Waals surface area contributed by atoms with Gasteiger partial charge in [0.1, 0.15) is 42.6 Å². The van der Waals surface area contributed by atoms with E-state index in [2.05, 4.69) is 42.8 Å². The van der Waals surface area contributed by atoms with Gasteiger partial charge >= 0.3 is 0 Å². The van der Waals surface area contributed by atoms with Gasteiger partial charge in [0.15, 0.2) is 0 Å². The first kappa shape index (κ1) is 34.1. The van der Waals surface area contributed by atoms with Crippen molar-refractivity contribution in [3.05, 3.63) is 48.3 Å². The summed E-state index contributed by atoms with van der Waals surface area (Å²) in [4.78, 5) is 68.8. The lowest BCUT2D eigenvalue weighted by Crippen LogP contribution is -2.57. The molecule has 2 aromatic carbocycles. The molecule has 2 saturated heterocycles. The second-order valence-electron chi connectivity index (χ2n) is 13.4. The standard InChI is InChI=1S/C35H44N8O6/c1-20(2)30-34(47)39-21(3)35(48)43-18-24(44)17-28(43)33(46)36-9-14-49-29-8-6-23(16-26(29)32(45)40-30)22-5-7-27-25(15-22)31(38-19-37-27)42-12-10-41(4)11-13-42/h5-8,15-16,19-21,24,28,30,44H,9-14,17-18H2,1-4H3,(H,36,46)(H,39,47)(H,40,45)/t21-,24+,28+,30+/m1/s1. The Morgan fingerprint density at radius 2 is 1.67 bits per heavy atom. The van der Waals surface area contributed by atoms with Crippen LogP contribution in [-0.4, -0.2) is 126 Å². The third-order valence-corrected chi connectivity index (χ3v) is 9.46. The minimum Gasteiger partial charge on any atom is -0.491 e. The van der Waals surface area contributed by atoms with Crippen molar-refractivity contribution in [2.45, 2.75) is 51.4 Å². The number of carbonyl (C=O) groups excluding carboxylic acids is 4. The van der Waals surface area contributed by atoms with Gasteiger partial charge in [0.25, 0.3) is 5.91 Å². The number of fused-ring (bicyclic) bond motifs is 3. The first-order valence-electron chi connectivity index (χ1n) is 16.8. The molecule has 14 nitrogen and oxygen atoms in total. The van der Waals surface area contributed by atoms with E-state index in [9.17, 15) is 24.3 Å². The number of aliphatic hydroxyl groups is 1. The van der Waals surface area contributed by atoms with E-state index >= 15 is 0 Å². The van der Waals surface area contributed by atoms with E-state index < -0.39 is 47.9 Å². The molecular weight excluding hydrogens is 628 g/mol. The first-order chi connectivity index (χ1) is 23.5. The Kier molecular flexibility index (Phi) is 9.97. The van der Waals surface area contributed by atoms with Crippen molar-refractivity contribution in [1.29, 1.82) is 0 Å². The van der Waals surface area contributed by atoms with Gasteiger partial charge in [0, 0.05) is 44.5 Å². The molecular formula is C35H44N8O6. The maximum absolute atomic E-state index is 14.0. The molecule has 3 aliphatic rings. The van der Waals surface area contributed by atoms with E-state index in [1.54, 1.807) is 32.3 Å². The van der Waals surface area contributed by atoms with E-state index in [1.807, 2.05) is 24.3 Å². The summed E-state index contributed by atoms with van der Waals surface area (Å²) in [6.45, 7) is 8.83. The van der Waals surface area contributed by atoms with Gasteiger partial charge in [0.05, 0.1) is 23.7 Å². The van der Waals surface area contributed by atoms with Crippen LogP contribution in [0.1, 0.15) is 37.6 Å². The van der Waals surface area contributed by atoms with Gasteiger partial charge in [-0.25, -0.2) is 9.97 Å². The molecule has 4 amide bonds. The summed E-state index contributed by atoms with van der Waals surface area (Å²) in [7, 11) is 2.11. The molecule has 0 spiro atoms. The number of anilines is 1. The highest BCUT2D eigenvalue weighted by Crippen LogP contribution is 2.32. The fourth-order valence-corrected chi connectivity index (χ4v) is 6.63. The van der Waals surface area contributed by atoms with Crippen LogP contribution in [0.5, 0.6) is 5.75 Å². The number of rotatable bonds is 3. The monoisotopic (exact) mass is 672 g/mol. The molecule has 3 aliphatic heterocycles. The molecule has 1 aromatic heterocycles. The molecule has 3 aromatic rings. The Morgan fingerprint density at radius 3 is 2.43 bits per heavy atom. The van der Waals surface area contributed by atoms with Crippen LogP contribution in [0.25, 0.3) is 22.0 Å². The van der Waals surface area contributed by atoms with Crippen LogP contribution in [0.2, 0.25) is 0 Å². The number of amides is 4. The van der Waals surface area contributed by atoms with Crippen LogP contribution < -0.4 is 25.6 Å². The summed E-state index contributed by atoms with van der Waals surface area (Å²) >= 11 is 0. The van der Waals surface area contributed by atoms with E-state index in [1.165, 1.54) is 11.8 Å². The molecule has 260 valence electrons. The Labute approximate surface area is 285 Å². The summed E-state index contributed by atoms with van der Waals surface area (Å²) in [6.07, 6.45) is 0.811. The first-order valence-corrected chi connectivity index (χ1v) is 16.8. The number of aliphatic hydroxyl groups excluding tert-OH is 1. The second kappa shape index (κ2) is 14.3. The Morgan fingerprint density at radius 1 is 0.939 bits per heavy atom.